The normalized spacial score (nSPS) is 15.6. The molecule has 0 amide bonds. The molecule has 5 heteroatoms. The fourth-order valence-corrected chi connectivity index (χ4v) is 4.15. The molecule has 0 radical (unpaired) electrons. The summed E-state index contributed by atoms with van der Waals surface area (Å²) >= 11 is 0. The minimum absolute atomic E-state index is 0.0112. The summed E-state index contributed by atoms with van der Waals surface area (Å²) in [6.07, 6.45) is 0.477. The van der Waals surface area contributed by atoms with E-state index in [2.05, 4.69) is 13.8 Å². The van der Waals surface area contributed by atoms with Gasteiger partial charge in [0.25, 0.3) is 0 Å². The molecule has 2 unspecified atom stereocenters. The molecule has 2 aromatic rings. The zero-order chi connectivity index (χ0) is 18.7. The molecule has 25 heavy (non-hydrogen) atoms. The second kappa shape index (κ2) is 7.74. The number of hydrogen-bond acceptors (Lipinski definition) is 3. The zero-order valence-corrected chi connectivity index (χ0v) is 16.2. The fourth-order valence-electron chi connectivity index (χ4n) is 2.70. The van der Waals surface area contributed by atoms with Gasteiger partial charge in [-0.15, -0.1) is 0 Å². The predicted octanol–water partition coefficient (Wildman–Crippen LogP) is 5.22. The van der Waals surface area contributed by atoms with Gasteiger partial charge in [0, 0.05) is 5.41 Å². The number of phenols is 1. The van der Waals surface area contributed by atoms with Crippen LogP contribution in [-0.4, -0.2) is 16.1 Å². The van der Waals surface area contributed by atoms with Gasteiger partial charge < -0.3 is 14.5 Å². The predicted molar refractivity (Wildman–Crippen MR) is 101 cm³/mol. The van der Waals surface area contributed by atoms with Crippen LogP contribution in [0.4, 0.5) is 0 Å². The van der Waals surface area contributed by atoms with Crippen molar-refractivity contribution in [3.8, 4) is 5.75 Å². The maximum absolute atomic E-state index is 12.2. The summed E-state index contributed by atoms with van der Waals surface area (Å²) in [7, 11) is -3.63. The van der Waals surface area contributed by atoms with Crippen molar-refractivity contribution in [2.75, 3.05) is 0 Å². The first-order valence-corrected chi connectivity index (χ1v) is 10.3. The number of phenolic OH excluding ortho intramolecular Hbond substituents is 1. The second-order valence-electron chi connectivity index (χ2n) is 6.99. The molecule has 0 aromatic heterocycles. The summed E-state index contributed by atoms with van der Waals surface area (Å²) in [5.41, 5.74) is 2.73. The highest BCUT2D eigenvalue weighted by atomic mass is 31.2. The van der Waals surface area contributed by atoms with Gasteiger partial charge in [-0.2, -0.15) is 0 Å². The van der Waals surface area contributed by atoms with Crippen LogP contribution in [0.15, 0.2) is 48.5 Å². The Labute approximate surface area is 150 Å². The first kappa shape index (κ1) is 19.7. The molecule has 2 N–H and O–H groups in total. The minimum Gasteiger partial charge on any atom is -0.508 e. The van der Waals surface area contributed by atoms with Crippen LogP contribution in [-0.2, 0) is 20.7 Å². The van der Waals surface area contributed by atoms with Gasteiger partial charge >= 0.3 is 7.60 Å². The Kier molecular flexibility index (Phi) is 6.10. The van der Waals surface area contributed by atoms with Crippen molar-refractivity contribution < 1.29 is 19.1 Å². The summed E-state index contributed by atoms with van der Waals surface area (Å²) in [4.78, 5) is 10.0. The highest BCUT2D eigenvalue weighted by molar-refractivity contribution is 7.51. The van der Waals surface area contributed by atoms with E-state index in [4.69, 9.17) is 4.52 Å². The molecule has 0 saturated carbocycles. The lowest BCUT2D eigenvalue weighted by Crippen LogP contribution is -2.18. The zero-order valence-electron chi connectivity index (χ0n) is 15.3. The van der Waals surface area contributed by atoms with Gasteiger partial charge in [0.15, 0.2) is 0 Å². The fraction of sp³-hybridized carbons (Fsp3) is 0.400. The second-order valence-corrected chi connectivity index (χ2v) is 8.79. The smallest absolute Gasteiger partial charge is 0.332 e. The van der Waals surface area contributed by atoms with Crippen LogP contribution >= 0.6 is 7.60 Å². The molecular weight excluding hydrogens is 335 g/mol. The SMILES string of the molecule is CCC(C)OP(=O)(O)Cc1ccc(C(C)(C)c2ccc(O)cc2)cc1. The maximum Gasteiger partial charge on any atom is 0.332 e. The van der Waals surface area contributed by atoms with E-state index in [1.165, 1.54) is 0 Å². The number of hydrogen-bond donors (Lipinski definition) is 2. The molecule has 2 atom stereocenters. The molecule has 0 saturated heterocycles. The lowest BCUT2D eigenvalue weighted by atomic mass is 9.78. The molecule has 0 fully saturated rings. The van der Waals surface area contributed by atoms with Crippen LogP contribution in [0.1, 0.15) is 50.8 Å². The molecule has 0 aliphatic heterocycles. The molecule has 0 heterocycles. The van der Waals surface area contributed by atoms with E-state index in [1.807, 2.05) is 43.3 Å². The Morgan fingerprint density at radius 2 is 1.52 bits per heavy atom. The third-order valence-corrected chi connectivity index (χ3v) is 6.02. The van der Waals surface area contributed by atoms with Crippen molar-refractivity contribution in [2.45, 2.75) is 51.8 Å². The Balaban J connectivity index is 2.16. The first-order valence-electron chi connectivity index (χ1n) is 8.53. The third kappa shape index (κ3) is 5.18. The molecule has 0 aliphatic carbocycles. The molecular formula is C20H27O4P. The Morgan fingerprint density at radius 3 is 2.00 bits per heavy atom. The van der Waals surface area contributed by atoms with Crippen LogP contribution in [0, 0.1) is 0 Å². The Bertz CT molecular complexity index is 735. The van der Waals surface area contributed by atoms with E-state index in [1.54, 1.807) is 19.1 Å². The summed E-state index contributed by atoms with van der Waals surface area (Å²) < 4.78 is 17.5. The standard InChI is InChI=1S/C20H27O4P/c1-5-15(2)24-25(22,23)14-16-6-8-17(9-7-16)20(3,4)18-10-12-19(21)13-11-18/h6-13,15,21H,5,14H2,1-4H3,(H,22,23). The maximum atomic E-state index is 12.2. The Hall–Kier alpha value is -1.61. The third-order valence-electron chi connectivity index (χ3n) is 4.57. The van der Waals surface area contributed by atoms with Crippen molar-refractivity contribution >= 4 is 7.60 Å². The van der Waals surface area contributed by atoms with Crippen LogP contribution in [0.25, 0.3) is 0 Å². The molecule has 136 valence electrons. The lowest BCUT2D eigenvalue weighted by molar-refractivity contribution is 0.185. The van der Waals surface area contributed by atoms with E-state index < -0.39 is 7.60 Å². The molecule has 2 aromatic carbocycles. The molecule has 0 spiro atoms. The van der Waals surface area contributed by atoms with Gasteiger partial charge in [-0.1, -0.05) is 57.2 Å². The van der Waals surface area contributed by atoms with Gasteiger partial charge in [-0.25, -0.2) is 0 Å². The van der Waals surface area contributed by atoms with Crippen LogP contribution in [0.3, 0.4) is 0 Å². The van der Waals surface area contributed by atoms with Crippen molar-refractivity contribution in [1.29, 1.82) is 0 Å². The minimum atomic E-state index is -3.63. The quantitative estimate of drug-likeness (QED) is 0.663. The van der Waals surface area contributed by atoms with Crippen LogP contribution < -0.4 is 0 Å². The molecule has 4 nitrogen and oxygen atoms in total. The van der Waals surface area contributed by atoms with E-state index in [-0.39, 0.29) is 23.4 Å². The summed E-state index contributed by atoms with van der Waals surface area (Å²) in [5, 5.41) is 9.46. The largest absolute Gasteiger partial charge is 0.508 e. The van der Waals surface area contributed by atoms with Crippen LogP contribution in [0.2, 0.25) is 0 Å². The van der Waals surface area contributed by atoms with Crippen LogP contribution in [0.5, 0.6) is 5.75 Å². The van der Waals surface area contributed by atoms with Crippen molar-refractivity contribution in [1.82, 2.24) is 0 Å². The van der Waals surface area contributed by atoms with Gasteiger partial charge in [0.2, 0.25) is 0 Å². The van der Waals surface area contributed by atoms with E-state index in [0.29, 0.717) is 6.42 Å². The van der Waals surface area contributed by atoms with Gasteiger partial charge in [0.1, 0.15) is 5.75 Å². The van der Waals surface area contributed by atoms with Gasteiger partial charge in [0.05, 0.1) is 12.3 Å². The summed E-state index contributed by atoms with van der Waals surface area (Å²) in [5.74, 6) is 0.245. The number of aromatic hydroxyl groups is 1. The van der Waals surface area contributed by atoms with Crippen molar-refractivity contribution in [3.63, 3.8) is 0 Å². The first-order chi connectivity index (χ1) is 11.6. The average Bonchev–Trinajstić information content (AvgIpc) is 2.54. The van der Waals surface area contributed by atoms with E-state index in [0.717, 1.165) is 16.7 Å². The van der Waals surface area contributed by atoms with E-state index >= 15 is 0 Å². The monoisotopic (exact) mass is 362 g/mol. The summed E-state index contributed by atoms with van der Waals surface area (Å²) in [6.45, 7) is 7.94. The molecule has 0 aliphatic rings. The average molecular weight is 362 g/mol. The lowest BCUT2D eigenvalue weighted by Gasteiger charge is -2.26. The van der Waals surface area contributed by atoms with Gasteiger partial charge in [-0.05, 0) is 42.2 Å². The van der Waals surface area contributed by atoms with Crippen molar-refractivity contribution in [2.24, 2.45) is 0 Å². The highest BCUT2D eigenvalue weighted by Gasteiger charge is 2.25. The molecule has 2 rings (SSSR count). The van der Waals surface area contributed by atoms with E-state index in [9.17, 15) is 14.6 Å². The Morgan fingerprint density at radius 1 is 1.04 bits per heavy atom. The summed E-state index contributed by atoms with van der Waals surface area (Å²) in [6, 6.07) is 14.9. The molecule has 0 bridgehead atoms. The van der Waals surface area contributed by atoms with Crippen molar-refractivity contribution in [3.05, 3.63) is 65.2 Å². The number of benzene rings is 2. The topological polar surface area (TPSA) is 66.8 Å². The van der Waals surface area contributed by atoms with Gasteiger partial charge in [-0.3, -0.25) is 4.57 Å². The highest BCUT2D eigenvalue weighted by Crippen LogP contribution is 2.47. The number of rotatable bonds is 7.